The smallest absolute Gasteiger partial charge is 0.260 e. The third-order valence-electron chi connectivity index (χ3n) is 4.51. The number of thioether (sulfide) groups is 1. The van der Waals surface area contributed by atoms with E-state index in [1.54, 1.807) is 0 Å². The molecule has 0 saturated heterocycles. The summed E-state index contributed by atoms with van der Waals surface area (Å²) in [5.41, 5.74) is 4.57. The summed E-state index contributed by atoms with van der Waals surface area (Å²) in [6, 6.07) is 15.7. The number of aryl methyl sites for hydroxylation is 2. The number of amides is 1. The van der Waals surface area contributed by atoms with Crippen LogP contribution in [0.3, 0.4) is 0 Å². The standard InChI is InChI=1S/C22H19N3O2S2/c1-13-8-9-14(2)17(10-13)23-18(26)12-29-22-24-20(27)19-16(11-28-21(19)25-22)15-6-4-3-5-7-15/h3-11H,12H2,1-2H3,(H,23,26)(H,24,25,27). The van der Waals surface area contributed by atoms with Gasteiger partial charge in [-0.05, 0) is 36.6 Å². The van der Waals surface area contributed by atoms with E-state index < -0.39 is 0 Å². The molecule has 0 fully saturated rings. The van der Waals surface area contributed by atoms with Crippen LogP contribution in [0.25, 0.3) is 21.3 Å². The molecule has 2 heterocycles. The number of hydrogen-bond acceptors (Lipinski definition) is 5. The van der Waals surface area contributed by atoms with Crippen molar-refractivity contribution in [3.05, 3.63) is 75.4 Å². The molecule has 29 heavy (non-hydrogen) atoms. The molecule has 0 atom stereocenters. The Kier molecular flexibility index (Phi) is 5.51. The van der Waals surface area contributed by atoms with E-state index in [-0.39, 0.29) is 17.2 Å². The molecule has 1 amide bonds. The third-order valence-corrected chi connectivity index (χ3v) is 6.26. The van der Waals surface area contributed by atoms with Crippen molar-refractivity contribution < 1.29 is 4.79 Å². The van der Waals surface area contributed by atoms with Gasteiger partial charge in [0.15, 0.2) is 5.16 Å². The molecule has 0 aliphatic rings. The van der Waals surface area contributed by atoms with Crippen molar-refractivity contribution >= 4 is 44.9 Å². The Hall–Kier alpha value is -2.90. The number of nitrogens with zero attached hydrogens (tertiary/aromatic N) is 1. The fourth-order valence-corrected chi connectivity index (χ4v) is 4.68. The van der Waals surface area contributed by atoms with E-state index in [0.717, 1.165) is 27.9 Å². The van der Waals surface area contributed by atoms with Crippen LogP contribution in [0.2, 0.25) is 0 Å². The van der Waals surface area contributed by atoms with Gasteiger partial charge in [0.2, 0.25) is 5.91 Å². The summed E-state index contributed by atoms with van der Waals surface area (Å²) in [6.45, 7) is 3.94. The molecule has 5 nitrogen and oxygen atoms in total. The Bertz CT molecular complexity index is 1250. The monoisotopic (exact) mass is 421 g/mol. The van der Waals surface area contributed by atoms with Gasteiger partial charge in [0.25, 0.3) is 5.56 Å². The maximum absolute atomic E-state index is 12.7. The van der Waals surface area contributed by atoms with Crippen LogP contribution < -0.4 is 10.9 Å². The number of carbonyl (C=O) groups is 1. The quantitative estimate of drug-likeness (QED) is 0.351. The highest BCUT2D eigenvalue weighted by Crippen LogP contribution is 2.31. The zero-order valence-electron chi connectivity index (χ0n) is 16.0. The minimum absolute atomic E-state index is 0.136. The second kappa shape index (κ2) is 8.23. The minimum Gasteiger partial charge on any atom is -0.325 e. The molecule has 2 aromatic carbocycles. The number of nitrogens with one attached hydrogen (secondary N) is 2. The van der Waals surface area contributed by atoms with E-state index in [1.807, 2.05) is 67.8 Å². The predicted molar refractivity (Wildman–Crippen MR) is 121 cm³/mol. The van der Waals surface area contributed by atoms with Gasteiger partial charge in [-0.15, -0.1) is 11.3 Å². The largest absolute Gasteiger partial charge is 0.325 e. The third kappa shape index (κ3) is 4.26. The lowest BCUT2D eigenvalue weighted by molar-refractivity contribution is -0.113. The lowest BCUT2D eigenvalue weighted by Gasteiger charge is -2.09. The van der Waals surface area contributed by atoms with E-state index in [4.69, 9.17) is 0 Å². The molecule has 0 radical (unpaired) electrons. The molecule has 2 N–H and O–H groups in total. The number of hydrogen-bond donors (Lipinski definition) is 2. The summed E-state index contributed by atoms with van der Waals surface area (Å²) in [5, 5.41) is 5.90. The summed E-state index contributed by atoms with van der Waals surface area (Å²) in [7, 11) is 0. The predicted octanol–water partition coefficient (Wildman–Crippen LogP) is 5.00. The number of benzene rings is 2. The minimum atomic E-state index is -0.187. The Morgan fingerprint density at radius 2 is 1.97 bits per heavy atom. The van der Waals surface area contributed by atoms with E-state index in [9.17, 15) is 9.59 Å². The summed E-state index contributed by atoms with van der Waals surface area (Å²) in [4.78, 5) is 33.0. The molecule has 4 rings (SSSR count). The van der Waals surface area contributed by atoms with Crippen molar-refractivity contribution in [3.8, 4) is 11.1 Å². The van der Waals surface area contributed by atoms with Crippen LogP contribution in [0, 0.1) is 13.8 Å². The Labute approximate surface area is 176 Å². The maximum atomic E-state index is 12.7. The first kappa shape index (κ1) is 19.4. The van der Waals surface area contributed by atoms with Crippen LogP contribution in [-0.2, 0) is 4.79 Å². The number of rotatable bonds is 5. The molecular weight excluding hydrogens is 402 g/mol. The Morgan fingerprint density at radius 1 is 1.17 bits per heavy atom. The molecule has 2 aromatic heterocycles. The van der Waals surface area contributed by atoms with Crippen molar-refractivity contribution in [1.29, 1.82) is 0 Å². The van der Waals surface area contributed by atoms with Gasteiger partial charge in [-0.25, -0.2) is 4.98 Å². The molecule has 0 aliphatic carbocycles. The van der Waals surface area contributed by atoms with E-state index >= 15 is 0 Å². The topological polar surface area (TPSA) is 74.8 Å². The Morgan fingerprint density at radius 3 is 2.76 bits per heavy atom. The Balaban J connectivity index is 1.51. The van der Waals surface area contributed by atoms with Crippen molar-refractivity contribution in [1.82, 2.24) is 9.97 Å². The summed E-state index contributed by atoms with van der Waals surface area (Å²) in [6.07, 6.45) is 0. The molecule has 7 heteroatoms. The van der Waals surface area contributed by atoms with Gasteiger partial charge in [-0.1, -0.05) is 54.2 Å². The SMILES string of the molecule is Cc1ccc(C)c(NC(=O)CSc2nc3scc(-c4ccccc4)c3c(=O)[nH]2)c1. The van der Waals surface area contributed by atoms with Gasteiger partial charge < -0.3 is 10.3 Å². The van der Waals surface area contributed by atoms with Gasteiger partial charge in [-0.3, -0.25) is 9.59 Å². The summed E-state index contributed by atoms with van der Waals surface area (Å²) >= 11 is 2.65. The van der Waals surface area contributed by atoms with E-state index in [0.29, 0.717) is 15.4 Å². The molecule has 0 unspecified atom stereocenters. The average Bonchev–Trinajstić information content (AvgIpc) is 3.14. The van der Waals surface area contributed by atoms with Crippen LogP contribution >= 0.6 is 23.1 Å². The maximum Gasteiger partial charge on any atom is 0.260 e. The van der Waals surface area contributed by atoms with Crippen LogP contribution in [0.5, 0.6) is 0 Å². The van der Waals surface area contributed by atoms with Gasteiger partial charge >= 0.3 is 0 Å². The molecular formula is C22H19N3O2S2. The zero-order chi connectivity index (χ0) is 20.4. The lowest BCUT2D eigenvalue weighted by atomic mass is 10.1. The van der Waals surface area contributed by atoms with Gasteiger partial charge in [-0.2, -0.15) is 0 Å². The second-order valence-corrected chi connectivity index (χ2v) is 8.54. The van der Waals surface area contributed by atoms with Gasteiger partial charge in [0.1, 0.15) is 4.83 Å². The van der Waals surface area contributed by atoms with E-state index in [2.05, 4.69) is 15.3 Å². The highest BCUT2D eigenvalue weighted by molar-refractivity contribution is 7.99. The van der Waals surface area contributed by atoms with Crippen molar-refractivity contribution in [2.24, 2.45) is 0 Å². The van der Waals surface area contributed by atoms with Crippen LogP contribution in [0.1, 0.15) is 11.1 Å². The van der Waals surface area contributed by atoms with Crippen LogP contribution in [-0.4, -0.2) is 21.6 Å². The second-order valence-electron chi connectivity index (χ2n) is 6.72. The molecule has 0 saturated carbocycles. The van der Waals surface area contributed by atoms with Gasteiger partial charge in [0, 0.05) is 16.6 Å². The number of aromatic nitrogens is 2. The van der Waals surface area contributed by atoms with Crippen LogP contribution in [0.15, 0.2) is 63.9 Å². The molecule has 0 bridgehead atoms. The lowest BCUT2D eigenvalue weighted by Crippen LogP contribution is -2.16. The fraction of sp³-hybridized carbons (Fsp3) is 0.136. The van der Waals surface area contributed by atoms with Crippen molar-refractivity contribution in [3.63, 3.8) is 0 Å². The van der Waals surface area contributed by atoms with Crippen molar-refractivity contribution in [2.45, 2.75) is 19.0 Å². The highest BCUT2D eigenvalue weighted by atomic mass is 32.2. The molecule has 146 valence electrons. The van der Waals surface area contributed by atoms with E-state index in [1.165, 1.54) is 23.1 Å². The normalized spacial score (nSPS) is 11.0. The highest BCUT2D eigenvalue weighted by Gasteiger charge is 2.14. The first-order valence-electron chi connectivity index (χ1n) is 9.08. The number of H-pyrrole nitrogens is 1. The zero-order valence-corrected chi connectivity index (χ0v) is 17.6. The molecule has 0 spiro atoms. The molecule has 4 aromatic rings. The average molecular weight is 422 g/mol. The number of fused-ring (bicyclic) bond motifs is 1. The summed E-state index contributed by atoms with van der Waals surface area (Å²) < 4.78 is 0. The number of anilines is 1. The van der Waals surface area contributed by atoms with Crippen molar-refractivity contribution in [2.75, 3.05) is 11.1 Å². The number of carbonyl (C=O) groups excluding carboxylic acids is 1. The number of aromatic amines is 1. The first-order chi connectivity index (χ1) is 14.0. The van der Waals surface area contributed by atoms with Crippen LogP contribution in [0.4, 0.5) is 5.69 Å². The molecule has 0 aliphatic heterocycles. The summed E-state index contributed by atoms with van der Waals surface area (Å²) in [5.74, 6) is 0.0289. The fourth-order valence-electron chi connectivity index (χ4n) is 3.02. The number of thiophene rings is 1. The first-order valence-corrected chi connectivity index (χ1v) is 10.9. The van der Waals surface area contributed by atoms with Gasteiger partial charge in [0.05, 0.1) is 11.1 Å².